The van der Waals surface area contributed by atoms with E-state index < -0.39 is 17.7 Å². The lowest BCUT2D eigenvalue weighted by molar-refractivity contribution is -0.139. The minimum atomic E-state index is -4.40. The maximum absolute atomic E-state index is 12.6. The van der Waals surface area contributed by atoms with E-state index in [-0.39, 0.29) is 12.0 Å². The second-order valence-electron chi connectivity index (χ2n) is 3.27. The summed E-state index contributed by atoms with van der Waals surface area (Å²) in [6.07, 6.45) is -1.84. The molecular weight excluding hydrogens is 233 g/mol. The number of alkyl halides is 3. The van der Waals surface area contributed by atoms with E-state index >= 15 is 0 Å². The molecule has 92 valence electrons. The first-order chi connectivity index (χ1) is 7.95. The van der Waals surface area contributed by atoms with Gasteiger partial charge in [-0.15, -0.1) is 0 Å². The van der Waals surface area contributed by atoms with Crippen molar-refractivity contribution in [2.75, 3.05) is 7.11 Å². The standard InChI is InChI=1S/C12H11F3O2/c1-17-11(16)8-4-6-9-5-2-3-7-10(9)12(13,14)15/h2-7H,8H2,1H3/b6-4-. The van der Waals surface area contributed by atoms with E-state index in [9.17, 15) is 18.0 Å². The molecule has 0 aliphatic carbocycles. The second-order valence-corrected chi connectivity index (χ2v) is 3.27. The van der Waals surface area contributed by atoms with Gasteiger partial charge in [-0.25, -0.2) is 0 Å². The minimum Gasteiger partial charge on any atom is -0.469 e. The van der Waals surface area contributed by atoms with Crippen LogP contribution in [0.25, 0.3) is 6.08 Å². The van der Waals surface area contributed by atoms with Gasteiger partial charge in [-0.2, -0.15) is 13.2 Å². The van der Waals surface area contributed by atoms with Gasteiger partial charge in [0.25, 0.3) is 0 Å². The lowest BCUT2D eigenvalue weighted by Gasteiger charge is -2.09. The Balaban J connectivity index is 2.88. The van der Waals surface area contributed by atoms with Gasteiger partial charge >= 0.3 is 12.1 Å². The molecule has 17 heavy (non-hydrogen) atoms. The fourth-order valence-corrected chi connectivity index (χ4v) is 1.27. The Morgan fingerprint density at radius 3 is 2.59 bits per heavy atom. The molecule has 0 aliphatic heterocycles. The lowest BCUT2D eigenvalue weighted by Crippen LogP contribution is -2.06. The van der Waals surface area contributed by atoms with E-state index in [1.807, 2.05) is 0 Å². The van der Waals surface area contributed by atoms with Crippen LogP contribution in [0.15, 0.2) is 30.3 Å². The molecule has 1 rings (SSSR count). The summed E-state index contributed by atoms with van der Waals surface area (Å²) in [6.45, 7) is 0. The largest absolute Gasteiger partial charge is 0.469 e. The van der Waals surface area contributed by atoms with Crippen molar-refractivity contribution in [2.45, 2.75) is 12.6 Å². The third-order valence-electron chi connectivity index (χ3n) is 2.08. The number of ether oxygens (including phenoxy) is 1. The van der Waals surface area contributed by atoms with Crippen LogP contribution in [0.2, 0.25) is 0 Å². The van der Waals surface area contributed by atoms with Gasteiger partial charge in [0.15, 0.2) is 0 Å². The van der Waals surface area contributed by atoms with Crippen LogP contribution in [0, 0.1) is 0 Å². The van der Waals surface area contributed by atoms with Crippen molar-refractivity contribution in [1.82, 2.24) is 0 Å². The van der Waals surface area contributed by atoms with Crippen LogP contribution in [0.3, 0.4) is 0 Å². The van der Waals surface area contributed by atoms with Crippen molar-refractivity contribution >= 4 is 12.0 Å². The average molecular weight is 244 g/mol. The third-order valence-corrected chi connectivity index (χ3v) is 2.08. The number of rotatable bonds is 3. The minimum absolute atomic E-state index is 0.0314. The summed E-state index contributed by atoms with van der Waals surface area (Å²) < 4.78 is 42.1. The fourth-order valence-electron chi connectivity index (χ4n) is 1.27. The number of benzene rings is 1. The molecule has 2 nitrogen and oxygen atoms in total. The molecule has 0 bridgehead atoms. The van der Waals surface area contributed by atoms with Crippen LogP contribution in [-0.2, 0) is 15.7 Å². The predicted octanol–water partition coefficient (Wildman–Crippen LogP) is 3.28. The zero-order valence-electron chi connectivity index (χ0n) is 9.12. The molecular formula is C12H11F3O2. The average Bonchev–Trinajstić information content (AvgIpc) is 2.28. The Hall–Kier alpha value is -1.78. The molecule has 0 heterocycles. The highest BCUT2D eigenvalue weighted by atomic mass is 19.4. The van der Waals surface area contributed by atoms with Crippen molar-refractivity contribution in [3.8, 4) is 0 Å². The Morgan fingerprint density at radius 2 is 2.00 bits per heavy atom. The molecule has 0 aromatic heterocycles. The highest BCUT2D eigenvalue weighted by Crippen LogP contribution is 2.32. The molecule has 0 spiro atoms. The molecule has 0 fully saturated rings. The molecule has 0 radical (unpaired) electrons. The third kappa shape index (κ3) is 3.94. The second kappa shape index (κ2) is 5.52. The van der Waals surface area contributed by atoms with Crippen molar-refractivity contribution in [2.24, 2.45) is 0 Å². The maximum Gasteiger partial charge on any atom is 0.416 e. The number of carbonyl (C=O) groups excluding carboxylic acids is 1. The van der Waals surface area contributed by atoms with Gasteiger partial charge in [0, 0.05) is 0 Å². The Bertz CT molecular complexity index is 422. The van der Waals surface area contributed by atoms with Gasteiger partial charge in [0.05, 0.1) is 19.1 Å². The van der Waals surface area contributed by atoms with Gasteiger partial charge in [0.1, 0.15) is 0 Å². The zero-order valence-corrected chi connectivity index (χ0v) is 9.12. The van der Waals surface area contributed by atoms with Crippen LogP contribution in [0.4, 0.5) is 13.2 Å². The topological polar surface area (TPSA) is 26.3 Å². The quantitative estimate of drug-likeness (QED) is 0.763. The highest BCUT2D eigenvalue weighted by molar-refractivity contribution is 5.72. The number of halogens is 3. The van der Waals surface area contributed by atoms with E-state index in [0.29, 0.717) is 0 Å². The molecule has 0 saturated heterocycles. The summed E-state index contributed by atoms with van der Waals surface area (Å²) in [5.41, 5.74) is -0.690. The first-order valence-electron chi connectivity index (χ1n) is 4.84. The van der Waals surface area contributed by atoms with E-state index in [1.165, 1.54) is 37.5 Å². The normalized spacial score (nSPS) is 11.8. The fraction of sp³-hybridized carbons (Fsp3) is 0.250. The number of hydrogen-bond donors (Lipinski definition) is 0. The van der Waals surface area contributed by atoms with Crippen LogP contribution in [0.1, 0.15) is 17.5 Å². The molecule has 5 heteroatoms. The van der Waals surface area contributed by atoms with Crippen molar-refractivity contribution in [1.29, 1.82) is 0 Å². The molecule has 1 aromatic rings. The molecule has 0 N–H and O–H groups in total. The lowest BCUT2D eigenvalue weighted by atomic mass is 10.1. The van der Waals surface area contributed by atoms with Crippen molar-refractivity contribution in [3.63, 3.8) is 0 Å². The van der Waals surface area contributed by atoms with E-state index in [0.717, 1.165) is 6.07 Å². The Morgan fingerprint density at radius 1 is 1.35 bits per heavy atom. The molecule has 0 aliphatic rings. The molecule has 0 amide bonds. The first-order valence-corrected chi connectivity index (χ1v) is 4.84. The number of esters is 1. The predicted molar refractivity (Wildman–Crippen MR) is 57.1 cm³/mol. The van der Waals surface area contributed by atoms with E-state index in [4.69, 9.17) is 0 Å². The Kier molecular flexibility index (Phi) is 4.31. The summed E-state index contributed by atoms with van der Waals surface area (Å²) in [7, 11) is 1.22. The molecule has 0 atom stereocenters. The van der Waals surface area contributed by atoms with Crippen LogP contribution < -0.4 is 0 Å². The van der Waals surface area contributed by atoms with Gasteiger partial charge < -0.3 is 4.74 Å². The van der Waals surface area contributed by atoms with Gasteiger partial charge in [-0.1, -0.05) is 30.4 Å². The van der Waals surface area contributed by atoms with E-state index in [1.54, 1.807) is 0 Å². The summed E-state index contributed by atoms with van der Waals surface area (Å²) in [5, 5.41) is 0. The van der Waals surface area contributed by atoms with Gasteiger partial charge in [-0.3, -0.25) is 4.79 Å². The van der Waals surface area contributed by atoms with Crippen molar-refractivity contribution in [3.05, 3.63) is 41.5 Å². The molecule has 0 unspecified atom stereocenters. The number of methoxy groups -OCH3 is 1. The van der Waals surface area contributed by atoms with Crippen molar-refractivity contribution < 1.29 is 22.7 Å². The molecule has 1 aromatic carbocycles. The zero-order chi connectivity index (χ0) is 12.9. The summed E-state index contributed by atoms with van der Waals surface area (Å²) in [4.78, 5) is 10.8. The summed E-state index contributed by atoms with van der Waals surface area (Å²) in [6, 6.07) is 5.17. The van der Waals surface area contributed by atoms with Crippen LogP contribution in [0.5, 0.6) is 0 Å². The maximum atomic E-state index is 12.6. The SMILES string of the molecule is COC(=O)C/C=C\c1ccccc1C(F)(F)F. The highest BCUT2D eigenvalue weighted by Gasteiger charge is 2.32. The molecule has 0 saturated carbocycles. The van der Waals surface area contributed by atoms with Crippen LogP contribution >= 0.6 is 0 Å². The number of carbonyl (C=O) groups is 1. The first kappa shape index (κ1) is 13.3. The summed E-state index contributed by atoms with van der Waals surface area (Å²) >= 11 is 0. The smallest absolute Gasteiger partial charge is 0.416 e. The Labute approximate surface area is 96.7 Å². The van der Waals surface area contributed by atoms with Gasteiger partial charge in [0.2, 0.25) is 0 Å². The monoisotopic (exact) mass is 244 g/mol. The van der Waals surface area contributed by atoms with Gasteiger partial charge in [-0.05, 0) is 11.6 Å². The number of hydrogen-bond acceptors (Lipinski definition) is 2. The van der Waals surface area contributed by atoms with Crippen LogP contribution in [-0.4, -0.2) is 13.1 Å². The van der Waals surface area contributed by atoms with E-state index in [2.05, 4.69) is 4.74 Å². The summed E-state index contributed by atoms with van der Waals surface area (Å²) in [5.74, 6) is -0.495.